The van der Waals surface area contributed by atoms with Crippen molar-refractivity contribution < 1.29 is 4.74 Å². The van der Waals surface area contributed by atoms with E-state index in [1.165, 1.54) is 5.56 Å². The number of ether oxygens (including phenoxy) is 1. The van der Waals surface area contributed by atoms with Gasteiger partial charge in [0.1, 0.15) is 5.75 Å². The molecule has 6 heteroatoms. The Bertz CT molecular complexity index is 909. The fraction of sp³-hybridized carbons (Fsp3) is 0.167. The number of methoxy groups -OCH3 is 1. The van der Waals surface area contributed by atoms with Crippen molar-refractivity contribution in [2.24, 2.45) is 5.10 Å². The molecule has 1 N–H and O–H groups in total. The third kappa shape index (κ3) is 3.44. The van der Waals surface area contributed by atoms with Gasteiger partial charge in [0.2, 0.25) is 4.77 Å². The van der Waals surface area contributed by atoms with E-state index in [9.17, 15) is 0 Å². The number of H-pyrrole nitrogens is 1. The molecule has 0 spiro atoms. The molecule has 122 valence electrons. The van der Waals surface area contributed by atoms with Crippen molar-refractivity contribution in [1.82, 2.24) is 14.9 Å². The summed E-state index contributed by atoms with van der Waals surface area (Å²) < 4.78 is 7.31. The van der Waals surface area contributed by atoms with Crippen LogP contribution in [-0.2, 0) is 6.42 Å². The Morgan fingerprint density at radius 3 is 2.75 bits per heavy atom. The zero-order valence-electron chi connectivity index (χ0n) is 13.6. The first kappa shape index (κ1) is 16.1. The monoisotopic (exact) mass is 338 g/mol. The standard InChI is InChI=1S/C18H18N4OS/c1-3-13-7-9-14(10-8-13)12-19-22-17(20-21-18(22)24)15-5-4-6-16(11-15)23-2/h4-12H,3H2,1-2H3,(H,21,24). The molecule has 0 saturated heterocycles. The van der Waals surface area contributed by atoms with E-state index in [-0.39, 0.29) is 0 Å². The maximum Gasteiger partial charge on any atom is 0.216 e. The van der Waals surface area contributed by atoms with Crippen LogP contribution in [-0.4, -0.2) is 28.2 Å². The first-order valence-electron chi connectivity index (χ1n) is 7.66. The van der Waals surface area contributed by atoms with Crippen molar-refractivity contribution in [3.63, 3.8) is 0 Å². The Morgan fingerprint density at radius 2 is 2.04 bits per heavy atom. The maximum atomic E-state index is 5.29. The second-order valence-electron chi connectivity index (χ2n) is 5.24. The molecule has 0 atom stereocenters. The highest BCUT2D eigenvalue weighted by atomic mass is 32.1. The van der Waals surface area contributed by atoms with Crippen molar-refractivity contribution >= 4 is 18.4 Å². The molecule has 24 heavy (non-hydrogen) atoms. The third-order valence-corrected chi connectivity index (χ3v) is 3.95. The molecule has 0 radical (unpaired) electrons. The van der Waals surface area contributed by atoms with Crippen molar-refractivity contribution in [3.8, 4) is 17.1 Å². The van der Waals surface area contributed by atoms with Crippen molar-refractivity contribution in [3.05, 3.63) is 64.4 Å². The normalized spacial score (nSPS) is 11.1. The Hall–Kier alpha value is -2.73. The molecule has 0 amide bonds. The van der Waals surface area contributed by atoms with Gasteiger partial charge in [-0.3, -0.25) is 0 Å². The Morgan fingerprint density at radius 1 is 1.25 bits per heavy atom. The van der Waals surface area contributed by atoms with Crippen LogP contribution in [0.15, 0.2) is 53.6 Å². The van der Waals surface area contributed by atoms with E-state index in [0.29, 0.717) is 10.6 Å². The Kier molecular flexibility index (Phi) is 4.86. The van der Waals surface area contributed by atoms with Gasteiger partial charge in [-0.2, -0.15) is 14.9 Å². The van der Waals surface area contributed by atoms with E-state index in [1.807, 2.05) is 36.4 Å². The van der Waals surface area contributed by atoms with Gasteiger partial charge in [0.05, 0.1) is 13.3 Å². The summed E-state index contributed by atoms with van der Waals surface area (Å²) in [5.74, 6) is 1.40. The van der Waals surface area contributed by atoms with Crippen LogP contribution in [0.4, 0.5) is 0 Å². The van der Waals surface area contributed by atoms with Gasteiger partial charge in [-0.15, -0.1) is 0 Å². The number of rotatable bonds is 5. The molecule has 1 aromatic heterocycles. The molecule has 0 unspecified atom stereocenters. The quantitative estimate of drug-likeness (QED) is 0.564. The van der Waals surface area contributed by atoms with Crippen molar-refractivity contribution in [1.29, 1.82) is 0 Å². The largest absolute Gasteiger partial charge is 0.497 e. The number of hydrogen-bond acceptors (Lipinski definition) is 4. The summed E-state index contributed by atoms with van der Waals surface area (Å²) in [6.07, 6.45) is 2.79. The van der Waals surface area contributed by atoms with Crippen LogP contribution in [0, 0.1) is 4.77 Å². The number of nitrogens with zero attached hydrogens (tertiary/aromatic N) is 3. The van der Waals surface area contributed by atoms with Gasteiger partial charge in [-0.25, -0.2) is 5.10 Å². The zero-order chi connectivity index (χ0) is 16.9. The molecule has 0 aliphatic rings. The van der Waals surface area contributed by atoms with E-state index < -0.39 is 0 Å². The molecule has 0 fully saturated rings. The van der Waals surface area contributed by atoms with Crippen LogP contribution in [0.25, 0.3) is 11.4 Å². The number of nitrogens with one attached hydrogen (secondary N) is 1. The minimum atomic E-state index is 0.439. The molecule has 5 nitrogen and oxygen atoms in total. The highest BCUT2D eigenvalue weighted by Crippen LogP contribution is 2.22. The first-order chi connectivity index (χ1) is 11.7. The summed E-state index contributed by atoms with van der Waals surface area (Å²) in [6.45, 7) is 2.13. The lowest BCUT2D eigenvalue weighted by molar-refractivity contribution is 0.415. The fourth-order valence-corrected chi connectivity index (χ4v) is 2.49. The Labute approximate surface area is 145 Å². The second-order valence-corrected chi connectivity index (χ2v) is 5.62. The van der Waals surface area contributed by atoms with Crippen LogP contribution >= 0.6 is 12.2 Å². The molecule has 0 aliphatic carbocycles. The molecule has 1 heterocycles. The summed E-state index contributed by atoms with van der Waals surface area (Å²) in [4.78, 5) is 0. The predicted molar refractivity (Wildman–Crippen MR) is 98.2 cm³/mol. The van der Waals surface area contributed by atoms with Crippen LogP contribution in [0.2, 0.25) is 0 Å². The minimum absolute atomic E-state index is 0.439. The van der Waals surface area contributed by atoms with Gasteiger partial charge in [0.25, 0.3) is 0 Å². The number of hydrogen-bond donors (Lipinski definition) is 1. The molecule has 0 saturated carbocycles. The van der Waals surface area contributed by atoms with E-state index in [1.54, 1.807) is 18.0 Å². The summed E-state index contributed by atoms with van der Waals surface area (Å²) in [5, 5.41) is 11.5. The number of aromatic nitrogens is 3. The van der Waals surface area contributed by atoms with Crippen LogP contribution in [0.3, 0.4) is 0 Å². The van der Waals surface area contributed by atoms with Crippen molar-refractivity contribution in [2.45, 2.75) is 13.3 Å². The average Bonchev–Trinajstić information content (AvgIpc) is 3.01. The molecule has 3 rings (SSSR count). The van der Waals surface area contributed by atoms with Gasteiger partial charge in [-0.1, -0.05) is 43.3 Å². The van der Waals surface area contributed by atoms with Gasteiger partial charge in [0.15, 0.2) is 5.82 Å². The highest BCUT2D eigenvalue weighted by Gasteiger charge is 2.08. The van der Waals surface area contributed by atoms with Crippen LogP contribution in [0.1, 0.15) is 18.1 Å². The topological polar surface area (TPSA) is 55.2 Å². The molecule has 0 aliphatic heterocycles. The average molecular weight is 338 g/mol. The van der Waals surface area contributed by atoms with E-state index in [4.69, 9.17) is 17.0 Å². The summed E-state index contributed by atoms with van der Waals surface area (Å²) >= 11 is 5.29. The lowest BCUT2D eigenvalue weighted by Crippen LogP contribution is -1.95. The zero-order valence-corrected chi connectivity index (χ0v) is 14.4. The predicted octanol–water partition coefficient (Wildman–Crippen LogP) is 4.06. The van der Waals surface area contributed by atoms with E-state index >= 15 is 0 Å². The molecular weight excluding hydrogens is 320 g/mol. The minimum Gasteiger partial charge on any atom is -0.497 e. The van der Waals surface area contributed by atoms with Crippen molar-refractivity contribution in [2.75, 3.05) is 7.11 Å². The number of benzene rings is 2. The molecule has 3 aromatic rings. The summed E-state index contributed by atoms with van der Waals surface area (Å²) in [5.41, 5.74) is 3.18. The fourth-order valence-electron chi connectivity index (χ4n) is 2.31. The first-order valence-corrected chi connectivity index (χ1v) is 8.07. The molecular formula is C18H18N4OS. The number of aromatic amines is 1. The molecule has 2 aromatic carbocycles. The van der Waals surface area contributed by atoms with Gasteiger partial charge in [-0.05, 0) is 41.9 Å². The second kappa shape index (κ2) is 7.23. The van der Waals surface area contributed by atoms with Gasteiger partial charge < -0.3 is 4.74 Å². The van der Waals surface area contributed by atoms with Gasteiger partial charge >= 0.3 is 0 Å². The lowest BCUT2D eigenvalue weighted by atomic mass is 10.1. The third-order valence-electron chi connectivity index (χ3n) is 3.69. The summed E-state index contributed by atoms with van der Waals surface area (Å²) in [7, 11) is 1.63. The van der Waals surface area contributed by atoms with E-state index in [2.05, 4.69) is 34.4 Å². The maximum absolute atomic E-state index is 5.29. The van der Waals surface area contributed by atoms with E-state index in [0.717, 1.165) is 23.3 Å². The molecule has 0 bridgehead atoms. The smallest absolute Gasteiger partial charge is 0.216 e. The lowest BCUT2D eigenvalue weighted by Gasteiger charge is -2.04. The summed E-state index contributed by atoms with van der Waals surface area (Å²) in [6, 6.07) is 15.9. The highest BCUT2D eigenvalue weighted by molar-refractivity contribution is 7.71. The van der Waals surface area contributed by atoms with Gasteiger partial charge in [0, 0.05) is 5.56 Å². The Balaban J connectivity index is 1.94. The van der Waals surface area contributed by atoms with Crippen LogP contribution < -0.4 is 4.74 Å². The SMILES string of the molecule is CCc1ccc(C=Nn2c(-c3cccc(OC)c3)n[nH]c2=S)cc1. The number of aryl methyl sites for hydroxylation is 1. The van der Waals surface area contributed by atoms with Crippen LogP contribution in [0.5, 0.6) is 5.75 Å².